The number of aliphatic hydroxyl groups is 3. The Morgan fingerprint density at radius 3 is 1.56 bits per heavy atom. The first-order valence-electron chi connectivity index (χ1n) is 11.2. The van der Waals surface area contributed by atoms with Crippen molar-refractivity contribution in [3.05, 3.63) is 108 Å². The number of hydrogen-bond donors (Lipinski definition) is 3. The van der Waals surface area contributed by atoms with Crippen LogP contribution < -0.4 is 0 Å². The normalized spacial score (nSPS) is 26.7. The summed E-state index contributed by atoms with van der Waals surface area (Å²) in [5, 5.41) is 32.8. The smallest absolute Gasteiger partial charge is 0.338 e. The number of benzene rings is 3. The maximum absolute atomic E-state index is 12.7. The minimum atomic E-state index is -1.53. The quantitative estimate of drug-likeness (QED) is 0.440. The molecule has 178 valence electrons. The molecule has 4 rings (SSSR count). The van der Waals surface area contributed by atoms with Crippen molar-refractivity contribution in [2.24, 2.45) is 0 Å². The van der Waals surface area contributed by atoms with Gasteiger partial charge in [0.05, 0.1) is 18.8 Å². The van der Waals surface area contributed by atoms with Gasteiger partial charge in [0.15, 0.2) is 6.10 Å². The zero-order valence-electron chi connectivity index (χ0n) is 18.5. The molecular formula is C27H28O7. The van der Waals surface area contributed by atoms with E-state index in [9.17, 15) is 20.1 Å². The van der Waals surface area contributed by atoms with Crippen molar-refractivity contribution in [1.82, 2.24) is 0 Å². The van der Waals surface area contributed by atoms with Crippen LogP contribution in [0.25, 0.3) is 0 Å². The summed E-state index contributed by atoms with van der Waals surface area (Å²) in [4.78, 5) is 12.7. The Balaban J connectivity index is 1.53. The summed E-state index contributed by atoms with van der Waals surface area (Å²) in [7, 11) is 0. The van der Waals surface area contributed by atoms with Crippen molar-refractivity contribution in [3.63, 3.8) is 0 Å². The molecule has 0 bridgehead atoms. The molecule has 3 aromatic rings. The molecule has 0 aliphatic heterocycles. The summed E-state index contributed by atoms with van der Waals surface area (Å²) in [5.74, 6) is -0.694. The third-order valence-electron chi connectivity index (χ3n) is 5.84. The predicted molar refractivity (Wildman–Crippen MR) is 124 cm³/mol. The molecule has 0 saturated heterocycles. The van der Waals surface area contributed by atoms with Crippen LogP contribution in [-0.2, 0) is 27.4 Å². The Labute approximate surface area is 198 Å². The molecule has 0 radical (unpaired) electrons. The van der Waals surface area contributed by atoms with E-state index < -0.39 is 42.6 Å². The summed E-state index contributed by atoms with van der Waals surface area (Å²) in [5.41, 5.74) is 1.96. The van der Waals surface area contributed by atoms with Gasteiger partial charge in [-0.05, 0) is 23.3 Å². The minimum Gasteiger partial charge on any atom is -0.453 e. The summed E-state index contributed by atoms with van der Waals surface area (Å²) in [6, 6.07) is 26.9. The fourth-order valence-electron chi connectivity index (χ4n) is 3.99. The fraction of sp³-hybridized carbons (Fsp3) is 0.296. The summed E-state index contributed by atoms with van der Waals surface area (Å²) >= 11 is 0. The van der Waals surface area contributed by atoms with E-state index in [0.717, 1.165) is 11.1 Å². The standard InChI is InChI=1S/C27H28O7/c28-21-22(29)26(34-27(31)20-14-8-3-9-15-20)25(33-17-19-12-6-2-7-13-19)23(30)24(21)32-16-18-10-4-1-5-11-18/h1-15,21-26,28-30H,16-17H2/t21-,22-,23-,24+,25-,26+/m0/s1. The molecule has 6 atom stereocenters. The number of esters is 1. The second kappa shape index (κ2) is 11.4. The Morgan fingerprint density at radius 1 is 0.588 bits per heavy atom. The van der Waals surface area contributed by atoms with E-state index >= 15 is 0 Å². The largest absolute Gasteiger partial charge is 0.453 e. The van der Waals surface area contributed by atoms with Crippen LogP contribution in [0, 0.1) is 0 Å². The summed E-state index contributed by atoms with van der Waals surface area (Å²) in [6.07, 6.45) is -7.98. The zero-order valence-corrected chi connectivity index (χ0v) is 18.5. The van der Waals surface area contributed by atoms with Gasteiger partial charge in [0.2, 0.25) is 0 Å². The van der Waals surface area contributed by atoms with Crippen LogP contribution in [0.1, 0.15) is 21.5 Å². The molecule has 7 nitrogen and oxygen atoms in total. The number of aliphatic hydroxyl groups excluding tert-OH is 3. The molecule has 0 heterocycles. The highest BCUT2D eigenvalue weighted by molar-refractivity contribution is 5.89. The van der Waals surface area contributed by atoms with Gasteiger partial charge in [-0.2, -0.15) is 0 Å². The second-order valence-electron chi connectivity index (χ2n) is 8.23. The van der Waals surface area contributed by atoms with Crippen LogP contribution in [0.4, 0.5) is 0 Å². The molecule has 1 aliphatic rings. The van der Waals surface area contributed by atoms with Crippen LogP contribution in [0.15, 0.2) is 91.0 Å². The average Bonchev–Trinajstić information content (AvgIpc) is 2.88. The van der Waals surface area contributed by atoms with E-state index in [1.807, 2.05) is 60.7 Å². The van der Waals surface area contributed by atoms with Gasteiger partial charge in [0.25, 0.3) is 0 Å². The first-order chi connectivity index (χ1) is 16.5. The lowest BCUT2D eigenvalue weighted by Gasteiger charge is -2.44. The van der Waals surface area contributed by atoms with Gasteiger partial charge in [-0.15, -0.1) is 0 Å². The topological polar surface area (TPSA) is 105 Å². The van der Waals surface area contributed by atoms with E-state index in [2.05, 4.69) is 0 Å². The number of carbonyl (C=O) groups is 1. The van der Waals surface area contributed by atoms with E-state index in [0.29, 0.717) is 0 Å². The van der Waals surface area contributed by atoms with Gasteiger partial charge < -0.3 is 29.5 Å². The van der Waals surface area contributed by atoms with Crippen molar-refractivity contribution in [1.29, 1.82) is 0 Å². The fourth-order valence-corrected chi connectivity index (χ4v) is 3.99. The molecule has 0 unspecified atom stereocenters. The maximum atomic E-state index is 12.7. The Hall–Kier alpha value is -3.07. The molecule has 3 N–H and O–H groups in total. The van der Waals surface area contributed by atoms with E-state index in [1.54, 1.807) is 30.3 Å². The molecule has 0 aromatic heterocycles. The van der Waals surface area contributed by atoms with Crippen molar-refractivity contribution < 1.29 is 34.3 Å². The monoisotopic (exact) mass is 464 g/mol. The SMILES string of the molecule is O=C(O[C@@H]1[C@@H](O)[C@H](O)[C@@H](OCc2ccccc2)[C@H](O)[C@@H]1OCc1ccccc1)c1ccccc1. The molecule has 1 fully saturated rings. The minimum absolute atomic E-state index is 0.107. The van der Waals surface area contributed by atoms with Crippen molar-refractivity contribution in [3.8, 4) is 0 Å². The number of carbonyl (C=O) groups excluding carboxylic acids is 1. The second-order valence-corrected chi connectivity index (χ2v) is 8.23. The van der Waals surface area contributed by atoms with Crippen LogP contribution in [0.5, 0.6) is 0 Å². The van der Waals surface area contributed by atoms with Crippen molar-refractivity contribution in [2.45, 2.75) is 49.8 Å². The third kappa shape index (κ3) is 5.70. The van der Waals surface area contributed by atoms with Gasteiger partial charge >= 0.3 is 5.97 Å². The molecule has 0 amide bonds. The maximum Gasteiger partial charge on any atom is 0.338 e. The Morgan fingerprint density at radius 2 is 1.03 bits per heavy atom. The summed E-state index contributed by atoms with van der Waals surface area (Å²) in [6.45, 7) is 0.225. The molecule has 1 aliphatic carbocycles. The Kier molecular flexibility index (Phi) is 8.05. The van der Waals surface area contributed by atoms with Crippen molar-refractivity contribution >= 4 is 5.97 Å². The first-order valence-corrected chi connectivity index (χ1v) is 11.2. The Bertz CT molecular complexity index is 1030. The molecule has 3 aromatic carbocycles. The van der Waals surface area contributed by atoms with E-state index in [4.69, 9.17) is 14.2 Å². The summed E-state index contributed by atoms with van der Waals surface area (Å²) < 4.78 is 17.3. The van der Waals surface area contributed by atoms with Crippen LogP contribution >= 0.6 is 0 Å². The van der Waals surface area contributed by atoms with Gasteiger partial charge in [-0.1, -0.05) is 78.9 Å². The highest BCUT2D eigenvalue weighted by atomic mass is 16.6. The molecule has 1 saturated carbocycles. The van der Waals surface area contributed by atoms with E-state index in [-0.39, 0.29) is 18.8 Å². The van der Waals surface area contributed by atoms with Gasteiger partial charge in [0, 0.05) is 0 Å². The van der Waals surface area contributed by atoms with Crippen molar-refractivity contribution in [2.75, 3.05) is 0 Å². The third-order valence-corrected chi connectivity index (χ3v) is 5.84. The first kappa shape index (κ1) is 24.1. The highest BCUT2D eigenvalue weighted by Gasteiger charge is 2.52. The highest BCUT2D eigenvalue weighted by Crippen LogP contribution is 2.30. The average molecular weight is 465 g/mol. The lowest BCUT2D eigenvalue weighted by atomic mass is 9.84. The van der Waals surface area contributed by atoms with Gasteiger partial charge in [-0.25, -0.2) is 4.79 Å². The number of ether oxygens (including phenoxy) is 3. The van der Waals surface area contributed by atoms with Crippen LogP contribution in [-0.4, -0.2) is 57.9 Å². The van der Waals surface area contributed by atoms with Gasteiger partial charge in [0.1, 0.15) is 30.5 Å². The van der Waals surface area contributed by atoms with Crippen LogP contribution in [0.2, 0.25) is 0 Å². The molecule has 34 heavy (non-hydrogen) atoms. The number of hydrogen-bond acceptors (Lipinski definition) is 7. The molecule has 7 heteroatoms. The predicted octanol–water partition coefficient (Wildman–Crippen LogP) is 2.48. The molecular weight excluding hydrogens is 436 g/mol. The zero-order chi connectivity index (χ0) is 23.9. The lowest BCUT2D eigenvalue weighted by molar-refractivity contribution is -0.250. The molecule has 0 spiro atoms. The van der Waals surface area contributed by atoms with E-state index in [1.165, 1.54) is 0 Å². The van der Waals surface area contributed by atoms with Gasteiger partial charge in [-0.3, -0.25) is 0 Å². The van der Waals surface area contributed by atoms with Crippen LogP contribution in [0.3, 0.4) is 0 Å². The lowest BCUT2D eigenvalue weighted by Crippen LogP contribution is -2.65. The number of rotatable bonds is 8.